The van der Waals surface area contributed by atoms with Crippen molar-refractivity contribution in [3.8, 4) is 5.75 Å². The molecule has 0 radical (unpaired) electrons. The van der Waals surface area contributed by atoms with E-state index in [1.807, 2.05) is 0 Å². The molecule has 1 aliphatic rings. The smallest absolute Gasteiger partial charge is 0.119 e. The average Bonchev–Trinajstić information content (AvgIpc) is 2.46. The molecule has 0 heterocycles. The van der Waals surface area contributed by atoms with E-state index in [1.54, 1.807) is 11.8 Å². The Kier molecular flexibility index (Phi) is 6.05. The highest BCUT2D eigenvalue weighted by Gasteiger charge is 2.20. The van der Waals surface area contributed by atoms with Gasteiger partial charge in [-0.25, -0.2) is 0 Å². The van der Waals surface area contributed by atoms with Crippen molar-refractivity contribution in [3.05, 3.63) is 24.3 Å². The fourth-order valence-electron chi connectivity index (χ4n) is 2.70. The number of thioether (sulfide) groups is 1. The van der Waals surface area contributed by atoms with Gasteiger partial charge in [0.05, 0.1) is 0 Å². The van der Waals surface area contributed by atoms with E-state index in [0.29, 0.717) is 6.04 Å². The molecule has 1 aliphatic carbocycles. The maximum Gasteiger partial charge on any atom is 0.119 e. The molecule has 0 aliphatic heterocycles. The van der Waals surface area contributed by atoms with Crippen LogP contribution in [0.5, 0.6) is 5.75 Å². The van der Waals surface area contributed by atoms with Crippen molar-refractivity contribution >= 4 is 11.8 Å². The summed E-state index contributed by atoms with van der Waals surface area (Å²) in [6.07, 6.45) is 7.56. The van der Waals surface area contributed by atoms with Gasteiger partial charge >= 0.3 is 0 Å². The molecule has 0 aromatic heterocycles. The number of benzene rings is 1. The average molecular weight is 279 g/mol. The minimum Gasteiger partial charge on any atom is -0.492 e. The third-order valence-electron chi connectivity index (χ3n) is 3.95. The highest BCUT2D eigenvalue weighted by atomic mass is 32.2. The second-order valence-corrected chi connectivity index (χ2v) is 6.23. The Morgan fingerprint density at radius 3 is 2.63 bits per heavy atom. The summed E-state index contributed by atoms with van der Waals surface area (Å²) in [5, 5.41) is 3.64. The lowest BCUT2D eigenvalue weighted by Crippen LogP contribution is -2.39. The third-order valence-corrected chi connectivity index (χ3v) is 4.69. The minimum absolute atomic E-state index is 0.691. The van der Waals surface area contributed by atoms with E-state index in [0.717, 1.165) is 24.8 Å². The molecule has 2 unspecified atom stereocenters. The first-order valence-corrected chi connectivity index (χ1v) is 8.52. The van der Waals surface area contributed by atoms with Crippen LogP contribution in [0.2, 0.25) is 0 Å². The molecule has 2 rings (SSSR count). The normalized spacial score (nSPS) is 23.3. The van der Waals surface area contributed by atoms with Crippen LogP contribution in [-0.2, 0) is 0 Å². The quantitative estimate of drug-likeness (QED) is 0.629. The summed E-state index contributed by atoms with van der Waals surface area (Å²) in [4.78, 5) is 1.28. The molecular formula is C16H25NOS. The van der Waals surface area contributed by atoms with Gasteiger partial charge in [0, 0.05) is 17.5 Å². The van der Waals surface area contributed by atoms with Gasteiger partial charge in [0.1, 0.15) is 12.4 Å². The first-order valence-electron chi connectivity index (χ1n) is 7.30. The molecule has 1 aromatic rings. The van der Waals surface area contributed by atoms with Crippen molar-refractivity contribution in [1.29, 1.82) is 0 Å². The summed E-state index contributed by atoms with van der Waals surface area (Å²) in [7, 11) is 0. The molecule has 1 saturated carbocycles. The lowest BCUT2D eigenvalue weighted by molar-refractivity contribution is 0.251. The van der Waals surface area contributed by atoms with Gasteiger partial charge in [-0.15, -0.1) is 11.8 Å². The summed E-state index contributed by atoms with van der Waals surface area (Å²) in [6, 6.07) is 9.01. The molecule has 3 heteroatoms. The highest BCUT2D eigenvalue weighted by Crippen LogP contribution is 2.23. The summed E-state index contributed by atoms with van der Waals surface area (Å²) in [5.41, 5.74) is 0. The standard InChI is InChI=1S/C16H25NOS/c1-13-5-3-4-6-16(13)17-11-12-18-14-7-9-15(19-2)10-8-14/h7-10,13,16-17H,3-6,11-12H2,1-2H3. The molecule has 19 heavy (non-hydrogen) atoms. The van der Waals surface area contributed by atoms with Crippen LogP contribution >= 0.6 is 11.8 Å². The van der Waals surface area contributed by atoms with E-state index in [2.05, 4.69) is 42.8 Å². The summed E-state index contributed by atoms with van der Waals surface area (Å²) < 4.78 is 5.76. The molecule has 2 atom stereocenters. The van der Waals surface area contributed by atoms with E-state index < -0.39 is 0 Å². The fourth-order valence-corrected chi connectivity index (χ4v) is 3.11. The molecule has 0 amide bonds. The zero-order chi connectivity index (χ0) is 13.5. The molecular weight excluding hydrogens is 254 g/mol. The van der Waals surface area contributed by atoms with Crippen LogP contribution < -0.4 is 10.1 Å². The number of hydrogen-bond acceptors (Lipinski definition) is 3. The number of hydrogen-bond donors (Lipinski definition) is 1. The van der Waals surface area contributed by atoms with Crippen molar-refractivity contribution < 1.29 is 4.74 Å². The van der Waals surface area contributed by atoms with Gasteiger partial charge in [-0.2, -0.15) is 0 Å². The SMILES string of the molecule is CSc1ccc(OCCNC2CCCCC2C)cc1. The van der Waals surface area contributed by atoms with Crippen LogP contribution in [-0.4, -0.2) is 25.4 Å². The zero-order valence-electron chi connectivity index (χ0n) is 12.0. The Bertz CT molecular complexity index is 366. The van der Waals surface area contributed by atoms with Gasteiger partial charge in [0.2, 0.25) is 0 Å². The van der Waals surface area contributed by atoms with Crippen molar-refractivity contribution in [2.24, 2.45) is 5.92 Å². The van der Waals surface area contributed by atoms with Crippen molar-refractivity contribution in [2.75, 3.05) is 19.4 Å². The van der Waals surface area contributed by atoms with Crippen LogP contribution in [0.1, 0.15) is 32.6 Å². The Hall–Kier alpha value is -0.670. The second-order valence-electron chi connectivity index (χ2n) is 5.35. The van der Waals surface area contributed by atoms with Gasteiger partial charge in [-0.3, -0.25) is 0 Å². The van der Waals surface area contributed by atoms with Gasteiger partial charge in [-0.1, -0.05) is 19.8 Å². The third kappa shape index (κ3) is 4.73. The Morgan fingerprint density at radius 2 is 1.95 bits per heavy atom. The van der Waals surface area contributed by atoms with E-state index >= 15 is 0 Å². The molecule has 1 fully saturated rings. The van der Waals surface area contributed by atoms with Crippen LogP contribution in [0.25, 0.3) is 0 Å². The molecule has 0 spiro atoms. The molecule has 0 bridgehead atoms. The molecule has 106 valence electrons. The Morgan fingerprint density at radius 1 is 1.21 bits per heavy atom. The van der Waals surface area contributed by atoms with E-state index in [1.165, 1.54) is 30.6 Å². The summed E-state index contributed by atoms with van der Waals surface area (Å²) >= 11 is 1.76. The largest absolute Gasteiger partial charge is 0.492 e. The van der Waals surface area contributed by atoms with Crippen LogP contribution in [0.3, 0.4) is 0 Å². The molecule has 1 aromatic carbocycles. The maximum atomic E-state index is 5.76. The van der Waals surface area contributed by atoms with Gasteiger partial charge < -0.3 is 10.1 Å². The van der Waals surface area contributed by atoms with Crippen LogP contribution in [0.4, 0.5) is 0 Å². The second kappa shape index (κ2) is 7.81. The lowest BCUT2D eigenvalue weighted by Gasteiger charge is -2.29. The van der Waals surface area contributed by atoms with E-state index in [-0.39, 0.29) is 0 Å². The predicted octanol–water partition coefficient (Wildman–Crippen LogP) is 3.96. The number of nitrogens with one attached hydrogen (secondary N) is 1. The summed E-state index contributed by atoms with van der Waals surface area (Å²) in [6.45, 7) is 4.06. The van der Waals surface area contributed by atoms with Crippen molar-refractivity contribution in [2.45, 2.75) is 43.5 Å². The Balaban J connectivity index is 1.65. The number of rotatable bonds is 6. The van der Waals surface area contributed by atoms with Gasteiger partial charge in [0.25, 0.3) is 0 Å². The lowest BCUT2D eigenvalue weighted by atomic mass is 9.86. The van der Waals surface area contributed by atoms with Gasteiger partial charge in [0.15, 0.2) is 0 Å². The fraction of sp³-hybridized carbons (Fsp3) is 0.625. The van der Waals surface area contributed by atoms with E-state index in [9.17, 15) is 0 Å². The van der Waals surface area contributed by atoms with Crippen molar-refractivity contribution in [3.63, 3.8) is 0 Å². The highest BCUT2D eigenvalue weighted by molar-refractivity contribution is 7.98. The topological polar surface area (TPSA) is 21.3 Å². The monoisotopic (exact) mass is 279 g/mol. The predicted molar refractivity (Wildman–Crippen MR) is 83.1 cm³/mol. The number of ether oxygens (including phenoxy) is 1. The summed E-state index contributed by atoms with van der Waals surface area (Å²) in [5.74, 6) is 1.78. The molecule has 1 N–H and O–H groups in total. The zero-order valence-corrected chi connectivity index (χ0v) is 12.8. The van der Waals surface area contributed by atoms with Crippen molar-refractivity contribution in [1.82, 2.24) is 5.32 Å². The van der Waals surface area contributed by atoms with Gasteiger partial charge in [-0.05, 0) is 49.3 Å². The molecule has 2 nitrogen and oxygen atoms in total. The first kappa shape index (κ1) is 14.7. The van der Waals surface area contributed by atoms with Crippen LogP contribution in [0.15, 0.2) is 29.2 Å². The Labute approximate surface area is 121 Å². The van der Waals surface area contributed by atoms with Crippen LogP contribution in [0, 0.1) is 5.92 Å². The minimum atomic E-state index is 0.691. The molecule has 0 saturated heterocycles. The first-order chi connectivity index (χ1) is 9.29. The van der Waals surface area contributed by atoms with E-state index in [4.69, 9.17) is 4.74 Å². The maximum absolute atomic E-state index is 5.76.